The lowest BCUT2D eigenvalue weighted by atomic mass is 9.84. The number of benzene rings is 4. The molecule has 0 radical (unpaired) electrons. The summed E-state index contributed by atoms with van der Waals surface area (Å²) in [6.07, 6.45) is 5.93. The second kappa shape index (κ2) is 12.0. The molecule has 0 spiro atoms. The summed E-state index contributed by atoms with van der Waals surface area (Å²) in [5.74, 6) is -1.14. The Labute approximate surface area is 223 Å². The van der Waals surface area contributed by atoms with Gasteiger partial charge in [-0.1, -0.05) is 110 Å². The summed E-state index contributed by atoms with van der Waals surface area (Å²) in [7, 11) is 0. The molecule has 1 fully saturated rings. The predicted octanol–water partition coefficient (Wildman–Crippen LogP) is 6.81. The Kier molecular flexibility index (Phi) is 8.03. The van der Waals surface area contributed by atoms with Gasteiger partial charge in [-0.15, -0.1) is 0 Å². The molecule has 194 valence electrons. The van der Waals surface area contributed by atoms with Gasteiger partial charge in [0.2, 0.25) is 0 Å². The van der Waals surface area contributed by atoms with E-state index in [1.807, 2.05) is 91.0 Å². The van der Waals surface area contributed by atoms with Gasteiger partial charge < -0.3 is 15.2 Å². The minimum atomic E-state index is -1.18. The van der Waals surface area contributed by atoms with Crippen LogP contribution in [0.15, 0.2) is 97.1 Å². The number of aliphatic carboxylic acids is 1. The van der Waals surface area contributed by atoms with Gasteiger partial charge in [0.15, 0.2) is 0 Å². The Morgan fingerprint density at radius 2 is 1.39 bits per heavy atom. The number of rotatable bonds is 9. The van der Waals surface area contributed by atoms with Crippen molar-refractivity contribution in [1.82, 2.24) is 5.32 Å². The molecule has 0 aromatic heterocycles. The maximum absolute atomic E-state index is 13.8. The van der Waals surface area contributed by atoms with Crippen LogP contribution < -0.4 is 10.1 Å². The molecular weight excluding hydrogens is 474 g/mol. The van der Waals surface area contributed by atoms with Crippen molar-refractivity contribution in [1.29, 1.82) is 0 Å². The van der Waals surface area contributed by atoms with Crippen molar-refractivity contribution in [2.24, 2.45) is 5.92 Å². The van der Waals surface area contributed by atoms with E-state index in [0.29, 0.717) is 23.8 Å². The molecule has 5 rings (SSSR count). The van der Waals surface area contributed by atoms with Crippen LogP contribution in [-0.4, -0.2) is 29.6 Å². The maximum atomic E-state index is 13.8. The second-order valence-corrected chi connectivity index (χ2v) is 10.1. The Morgan fingerprint density at radius 1 is 0.789 bits per heavy atom. The molecule has 0 heterocycles. The van der Waals surface area contributed by atoms with Crippen LogP contribution >= 0.6 is 0 Å². The summed E-state index contributed by atoms with van der Waals surface area (Å²) >= 11 is 0. The molecule has 1 saturated carbocycles. The molecule has 1 aliphatic carbocycles. The van der Waals surface area contributed by atoms with E-state index in [4.69, 9.17) is 4.74 Å². The Balaban J connectivity index is 1.49. The minimum Gasteiger partial charge on any atom is -0.492 e. The number of carboxylic acids is 1. The lowest BCUT2D eigenvalue weighted by Gasteiger charge is -2.27. The van der Waals surface area contributed by atoms with Crippen LogP contribution in [0.5, 0.6) is 5.75 Å². The Bertz CT molecular complexity index is 1340. The van der Waals surface area contributed by atoms with Gasteiger partial charge >= 0.3 is 5.97 Å². The molecule has 0 saturated heterocycles. The average Bonchev–Trinajstić information content (AvgIpc) is 2.97. The number of carbonyl (C=O) groups is 2. The minimum absolute atomic E-state index is 0.352. The third-order valence-corrected chi connectivity index (χ3v) is 7.52. The van der Waals surface area contributed by atoms with Crippen LogP contribution in [-0.2, 0) is 4.79 Å². The lowest BCUT2D eigenvalue weighted by Crippen LogP contribution is -2.45. The van der Waals surface area contributed by atoms with Crippen molar-refractivity contribution in [3.63, 3.8) is 0 Å². The normalized spacial score (nSPS) is 14.8. The molecule has 5 nitrogen and oxygen atoms in total. The van der Waals surface area contributed by atoms with Crippen LogP contribution in [0.2, 0.25) is 0 Å². The maximum Gasteiger partial charge on any atom is 0.327 e. The van der Waals surface area contributed by atoms with Gasteiger partial charge in [-0.05, 0) is 41.3 Å². The molecule has 4 aromatic carbocycles. The van der Waals surface area contributed by atoms with E-state index in [1.165, 1.54) is 19.3 Å². The summed E-state index contributed by atoms with van der Waals surface area (Å²) in [6, 6.07) is 29.2. The summed E-state index contributed by atoms with van der Waals surface area (Å²) < 4.78 is 6.37. The number of carbonyl (C=O) groups excluding carboxylic acids is 1. The van der Waals surface area contributed by atoms with Crippen molar-refractivity contribution < 1.29 is 19.4 Å². The monoisotopic (exact) mass is 507 g/mol. The van der Waals surface area contributed by atoms with Crippen LogP contribution in [0.4, 0.5) is 0 Å². The first-order valence-corrected chi connectivity index (χ1v) is 13.4. The quantitative estimate of drug-likeness (QED) is 0.261. The second-order valence-electron chi connectivity index (χ2n) is 10.1. The van der Waals surface area contributed by atoms with E-state index in [0.717, 1.165) is 34.7 Å². The van der Waals surface area contributed by atoms with Crippen LogP contribution in [0.25, 0.3) is 10.8 Å². The van der Waals surface area contributed by atoms with Crippen molar-refractivity contribution in [2.75, 3.05) is 6.61 Å². The molecule has 38 heavy (non-hydrogen) atoms. The SMILES string of the molecule is O=C(N[C@H](C(=O)O)C(c1ccccc1)c1ccccc1)c1ccc2ccccc2c1OCC1CCCCC1. The Morgan fingerprint density at radius 3 is 2.03 bits per heavy atom. The molecule has 0 bridgehead atoms. The molecule has 0 aliphatic heterocycles. The van der Waals surface area contributed by atoms with Gasteiger partial charge in [0.05, 0.1) is 12.2 Å². The molecule has 1 atom stereocenters. The topological polar surface area (TPSA) is 75.6 Å². The average molecular weight is 508 g/mol. The van der Waals surface area contributed by atoms with Gasteiger partial charge in [0, 0.05) is 11.3 Å². The highest BCUT2D eigenvalue weighted by atomic mass is 16.5. The molecule has 4 aromatic rings. The lowest BCUT2D eigenvalue weighted by molar-refractivity contribution is -0.139. The van der Waals surface area contributed by atoms with Gasteiger partial charge in [0.25, 0.3) is 5.91 Å². The standard InChI is InChI=1S/C33H33NO4/c35-32(34-30(33(36)37)29(25-15-6-2-7-16-25)26-17-8-3-9-18-26)28-21-20-24-14-10-11-19-27(24)31(28)38-22-23-12-4-1-5-13-23/h2-3,6-11,14-21,23,29-30H,1,4-5,12-13,22H2,(H,34,35)(H,36,37)/t30-/m0/s1. The first-order chi connectivity index (χ1) is 18.6. The van der Waals surface area contributed by atoms with E-state index in [1.54, 1.807) is 6.07 Å². The molecule has 5 heteroatoms. The van der Waals surface area contributed by atoms with Gasteiger partial charge in [-0.25, -0.2) is 4.79 Å². The zero-order valence-corrected chi connectivity index (χ0v) is 21.4. The van der Waals surface area contributed by atoms with E-state index in [9.17, 15) is 14.7 Å². The first-order valence-electron chi connectivity index (χ1n) is 13.4. The summed E-state index contributed by atoms with van der Waals surface area (Å²) in [5.41, 5.74) is 1.99. The van der Waals surface area contributed by atoms with Crippen molar-refractivity contribution in [3.05, 3.63) is 114 Å². The Hall–Kier alpha value is -4.12. The van der Waals surface area contributed by atoms with Crippen LogP contribution in [0.1, 0.15) is 59.5 Å². The third-order valence-electron chi connectivity index (χ3n) is 7.52. The van der Waals surface area contributed by atoms with E-state index in [-0.39, 0.29) is 0 Å². The highest BCUT2D eigenvalue weighted by Crippen LogP contribution is 2.33. The van der Waals surface area contributed by atoms with Crippen molar-refractivity contribution in [2.45, 2.75) is 44.1 Å². The zero-order valence-electron chi connectivity index (χ0n) is 21.4. The number of hydrogen-bond donors (Lipinski definition) is 2. The first kappa shape index (κ1) is 25.5. The summed E-state index contributed by atoms with van der Waals surface area (Å²) in [6.45, 7) is 0.549. The number of ether oxygens (including phenoxy) is 1. The fraction of sp³-hybridized carbons (Fsp3) is 0.273. The van der Waals surface area contributed by atoms with Gasteiger partial charge in [-0.2, -0.15) is 0 Å². The number of hydrogen-bond acceptors (Lipinski definition) is 3. The van der Waals surface area contributed by atoms with Gasteiger partial charge in [-0.3, -0.25) is 4.79 Å². The molecule has 1 aliphatic rings. The molecule has 1 amide bonds. The number of nitrogens with one attached hydrogen (secondary N) is 1. The summed E-state index contributed by atoms with van der Waals surface area (Å²) in [4.78, 5) is 26.4. The molecular formula is C33H33NO4. The highest BCUT2D eigenvalue weighted by Gasteiger charge is 2.33. The fourth-order valence-electron chi connectivity index (χ4n) is 5.54. The van der Waals surface area contributed by atoms with Crippen LogP contribution in [0, 0.1) is 5.92 Å². The predicted molar refractivity (Wildman–Crippen MR) is 150 cm³/mol. The van der Waals surface area contributed by atoms with Crippen molar-refractivity contribution >= 4 is 22.6 Å². The van der Waals surface area contributed by atoms with Crippen molar-refractivity contribution in [3.8, 4) is 5.75 Å². The van der Waals surface area contributed by atoms with Crippen LogP contribution in [0.3, 0.4) is 0 Å². The number of carboxylic acid groups (broad SMARTS) is 1. The largest absolute Gasteiger partial charge is 0.492 e. The van der Waals surface area contributed by atoms with E-state index < -0.39 is 23.8 Å². The molecule has 0 unspecified atom stereocenters. The fourth-order valence-corrected chi connectivity index (χ4v) is 5.54. The number of amides is 1. The number of fused-ring (bicyclic) bond motifs is 1. The molecule has 2 N–H and O–H groups in total. The zero-order chi connectivity index (χ0) is 26.3. The van der Waals surface area contributed by atoms with E-state index >= 15 is 0 Å². The highest BCUT2D eigenvalue weighted by molar-refractivity contribution is 6.05. The van der Waals surface area contributed by atoms with Gasteiger partial charge in [0.1, 0.15) is 11.8 Å². The summed E-state index contributed by atoms with van der Waals surface area (Å²) in [5, 5.41) is 15.0. The smallest absolute Gasteiger partial charge is 0.327 e. The van der Waals surface area contributed by atoms with E-state index in [2.05, 4.69) is 5.32 Å². The third kappa shape index (κ3) is 5.72.